The molecule has 0 spiro atoms. The summed E-state index contributed by atoms with van der Waals surface area (Å²) in [4.78, 5) is 65.4. The molecule has 312 valence electrons. The van der Waals surface area contributed by atoms with Crippen LogP contribution in [0.5, 0.6) is 5.75 Å². The zero-order valence-electron chi connectivity index (χ0n) is 34.4. The summed E-state index contributed by atoms with van der Waals surface area (Å²) in [7, 11) is 0. The maximum absolute atomic E-state index is 14.7. The molecule has 0 saturated carbocycles. The van der Waals surface area contributed by atoms with Gasteiger partial charge < -0.3 is 19.3 Å². The lowest BCUT2D eigenvalue weighted by atomic mass is 9.76. The first-order chi connectivity index (χ1) is 28.7. The number of carbonyl (C=O) groups is 2. The van der Waals surface area contributed by atoms with E-state index in [0.29, 0.717) is 69.8 Å². The van der Waals surface area contributed by atoms with Crippen LogP contribution in [0.3, 0.4) is 0 Å². The number of benzene rings is 3. The summed E-state index contributed by atoms with van der Waals surface area (Å²) < 4.78 is 13.9. The molecule has 3 aliphatic heterocycles. The number of ether oxygens (including phenoxy) is 2. The number of hydroxylamine groups is 2. The fourth-order valence-electron chi connectivity index (χ4n) is 9.12. The number of carbonyl (C=O) groups excluding carboxylic acids is 3. The second-order valence-electron chi connectivity index (χ2n) is 16.1. The number of piperidine rings is 3. The van der Waals surface area contributed by atoms with Crippen LogP contribution in [0, 0.1) is 25.7 Å². The minimum atomic E-state index is -1.13. The molecule has 3 fully saturated rings. The Labute approximate surface area is 345 Å². The normalized spacial score (nSPS) is 19.8. The molecule has 0 radical (unpaired) electrons. The predicted octanol–water partition coefficient (Wildman–Crippen LogP) is 6.48. The molecule has 3 aliphatic rings. The molecule has 7 rings (SSSR count). The Morgan fingerprint density at radius 1 is 0.881 bits per heavy atom. The van der Waals surface area contributed by atoms with Gasteiger partial charge in [-0.3, -0.25) is 14.6 Å². The molecule has 13 heteroatoms. The number of hydrogen-bond acceptors (Lipinski definition) is 9. The predicted molar refractivity (Wildman–Crippen MR) is 223 cm³/mol. The van der Waals surface area contributed by atoms with E-state index in [-0.39, 0.29) is 24.1 Å². The Bertz CT molecular complexity index is 2110. The third-order valence-electron chi connectivity index (χ3n) is 12.1. The van der Waals surface area contributed by atoms with Crippen molar-refractivity contribution in [1.29, 1.82) is 0 Å². The van der Waals surface area contributed by atoms with Crippen LogP contribution in [0.25, 0.3) is 11.4 Å². The van der Waals surface area contributed by atoms with Crippen molar-refractivity contribution in [3.63, 3.8) is 0 Å². The van der Waals surface area contributed by atoms with Crippen LogP contribution in [-0.2, 0) is 32.2 Å². The lowest BCUT2D eigenvalue weighted by molar-refractivity contribution is -0.173. The highest BCUT2D eigenvalue weighted by Gasteiger charge is 2.40. The van der Waals surface area contributed by atoms with Gasteiger partial charge in [-0.15, -0.1) is 5.10 Å². The summed E-state index contributed by atoms with van der Waals surface area (Å²) in [5, 5.41) is 6.61. The number of hydrogen-bond donors (Lipinski definition) is 1. The molecule has 13 nitrogen and oxygen atoms in total. The van der Waals surface area contributed by atoms with E-state index < -0.39 is 18.2 Å². The minimum Gasteiger partial charge on any atom is -0.488 e. The summed E-state index contributed by atoms with van der Waals surface area (Å²) in [6.45, 7) is 9.87. The fraction of sp³-hybridized carbons (Fsp3) is 0.478. The minimum absolute atomic E-state index is 0.153. The molecule has 2 amide bonds. The average molecular weight is 805 g/mol. The molecular formula is C46H56N6O7. The number of nitrogens with zero attached hydrogens (tertiary/aromatic N) is 5. The molecule has 3 saturated heterocycles. The molecule has 0 aliphatic carbocycles. The number of aromatic nitrogens is 3. The van der Waals surface area contributed by atoms with Gasteiger partial charge >= 0.3 is 11.8 Å². The SMILES string of the molecule is CCON1CCC(C2CCN(C(=O)[C@@H](Cc3cc(C)c(OCc4ccccc4)c(C)c3)OC(=O)N3CCC(n4nc(-c5ccccc5)[nH]c4=O)CC3)C(C=C=O)C2)CC1. The summed E-state index contributed by atoms with van der Waals surface area (Å²) in [6, 6.07) is 22.8. The van der Waals surface area contributed by atoms with Gasteiger partial charge in [0.05, 0.1) is 18.7 Å². The summed E-state index contributed by atoms with van der Waals surface area (Å²) in [6.07, 6.45) is 4.33. The van der Waals surface area contributed by atoms with Crippen LogP contribution >= 0.6 is 0 Å². The summed E-state index contributed by atoms with van der Waals surface area (Å²) >= 11 is 0. The highest BCUT2D eigenvalue weighted by atomic mass is 16.7. The number of nitrogens with one attached hydrogen (secondary N) is 1. The Kier molecular flexibility index (Phi) is 13.8. The molecule has 3 atom stereocenters. The van der Waals surface area contributed by atoms with Crippen LogP contribution in [-0.4, -0.2) is 99.0 Å². The summed E-state index contributed by atoms with van der Waals surface area (Å²) in [5.74, 6) is 3.73. The first kappa shape index (κ1) is 41.7. The van der Waals surface area contributed by atoms with Crippen molar-refractivity contribution in [2.24, 2.45) is 11.8 Å². The van der Waals surface area contributed by atoms with E-state index in [9.17, 15) is 19.2 Å². The molecule has 4 aromatic rings. The van der Waals surface area contributed by atoms with Crippen molar-refractivity contribution in [2.45, 2.75) is 90.5 Å². The second-order valence-corrected chi connectivity index (χ2v) is 16.1. The zero-order chi connectivity index (χ0) is 41.3. The van der Waals surface area contributed by atoms with Gasteiger partial charge in [0.2, 0.25) is 0 Å². The lowest BCUT2D eigenvalue weighted by Gasteiger charge is -2.43. The molecule has 1 aromatic heterocycles. The zero-order valence-corrected chi connectivity index (χ0v) is 34.4. The van der Waals surface area contributed by atoms with Crippen LogP contribution in [0.1, 0.15) is 73.7 Å². The maximum Gasteiger partial charge on any atom is 0.410 e. The molecule has 3 aromatic carbocycles. The Balaban J connectivity index is 1.06. The van der Waals surface area contributed by atoms with E-state index in [1.165, 1.54) is 10.8 Å². The first-order valence-electron chi connectivity index (χ1n) is 21.1. The Morgan fingerprint density at radius 3 is 2.20 bits per heavy atom. The van der Waals surface area contributed by atoms with Gasteiger partial charge in [-0.1, -0.05) is 72.8 Å². The lowest BCUT2D eigenvalue weighted by Crippen LogP contribution is -2.53. The topological polar surface area (TPSA) is 139 Å². The number of rotatable bonds is 13. The van der Waals surface area contributed by atoms with Crippen molar-refractivity contribution in [3.05, 3.63) is 112 Å². The van der Waals surface area contributed by atoms with Gasteiger partial charge in [0.25, 0.3) is 5.91 Å². The van der Waals surface area contributed by atoms with E-state index in [1.54, 1.807) is 9.80 Å². The average Bonchev–Trinajstić information content (AvgIpc) is 3.65. The highest BCUT2D eigenvalue weighted by molar-refractivity contribution is 5.84. The van der Waals surface area contributed by atoms with E-state index in [2.05, 4.69) is 10.1 Å². The van der Waals surface area contributed by atoms with Crippen molar-refractivity contribution < 1.29 is 28.7 Å². The Hall–Kier alpha value is -5.49. The summed E-state index contributed by atoms with van der Waals surface area (Å²) in [5.41, 5.74) is 4.25. The monoisotopic (exact) mass is 804 g/mol. The van der Waals surface area contributed by atoms with Crippen molar-refractivity contribution in [3.8, 4) is 17.1 Å². The van der Waals surface area contributed by atoms with E-state index in [4.69, 9.17) is 14.3 Å². The highest BCUT2D eigenvalue weighted by Crippen LogP contribution is 2.36. The van der Waals surface area contributed by atoms with E-state index >= 15 is 0 Å². The van der Waals surface area contributed by atoms with Crippen LogP contribution in [0.4, 0.5) is 4.79 Å². The van der Waals surface area contributed by atoms with Gasteiger partial charge in [0.1, 0.15) is 18.3 Å². The van der Waals surface area contributed by atoms with E-state index in [1.807, 2.05) is 105 Å². The second kappa shape index (κ2) is 19.5. The number of H-pyrrole nitrogens is 1. The third kappa shape index (κ3) is 10.2. The van der Waals surface area contributed by atoms with Crippen LogP contribution in [0.15, 0.2) is 83.7 Å². The van der Waals surface area contributed by atoms with Gasteiger partial charge in [-0.2, -0.15) is 5.06 Å². The molecule has 1 N–H and O–H groups in total. The molecule has 59 heavy (non-hydrogen) atoms. The van der Waals surface area contributed by atoms with Crippen LogP contribution in [0.2, 0.25) is 0 Å². The van der Waals surface area contributed by atoms with Crippen molar-refractivity contribution >= 4 is 17.9 Å². The molecule has 0 bridgehead atoms. The number of aryl methyl sites for hydroxylation is 2. The third-order valence-corrected chi connectivity index (χ3v) is 12.1. The molecular weight excluding hydrogens is 749 g/mol. The number of likely N-dealkylation sites (tertiary alicyclic amines) is 2. The number of amides is 2. The van der Waals surface area contributed by atoms with E-state index in [0.717, 1.165) is 65.9 Å². The number of aromatic amines is 1. The first-order valence-corrected chi connectivity index (χ1v) is 21.1. The van der Waals surface area contributed by atoms with Gasteiger partial charge in [0, 0.05) is 50.8 Å². The quantitative estimate of drug-likeness (QED) is 0.151. The largest absolute Gasteiger partial charge is 0.488 e. The van der Waals surface area contributed by atoms with Gasteiger partial charge in [-0.25, -0.2) is 19.1 Å². The van der Waals surface area contributed by atoms with Gasteiger partial charge in [0.15, 0.2) is 11.9 Å². The van der Waals surface area contributed by atoms with Gasteiger partial charge in [-0.05, 0) is 93.4 Å². The molecule has 4 heterocycles. The Morgan fingerprint density at radius 2 is 1.54 bits per heavy atom. The van der Waals surface area contributed by atoms with Crippen LogP contribution < -0.4 is 10.4 Å². The standard InChI is InChI=1S/C46H56N6O7/c1-4-58-50-23-15-36(16-24-50)38-17-25-51(40(30-38)20-26-53)44(54)41(29-35-27-32(2)42(33(3)28-35)57-31-34-11-7-5-8-12-34)59-46(56)49-21-18-39(19-22-49)52-45(55)47-43(48-52)37-13-9-6-10-14-37/h5-14,20,27-28,36,38-41H,4,15-19,21-25,29-31H2,1-3H3,(H,47,48,55)/t38?,40?,41-/m1/s1. The van der Waals surface area contributed by atoms with Crippen molar-refractivity contribution in [2.75, 3.05) is 39.3 Å². The molecule has 2 unspecified atom stereocenters. The fourth-order valence-corrected chi connectivity index (χ4v) is 9.12. The van der Waals surface area contributed by atoms with Crippen molar-refractivity contribution in [1.82, 2.24) is 29.6 Å². The smallest absolute Gasteiger partial charge is 0.410 e. The maximum atomic E-state index is 14.7.